The molecule has 0 saturated carbocycles. The van der Waals surface area contributed by atoms with Crippen molar-refractivity contribution < 1.29 is 9.32 Å². The SMILES string of the molecule is CN=C(NCc1nc(-c2ccc(Cl)cc2)no1)N1CCC(CC(=O)NC)CC1. The van der Waals surface area contributed by atoms with Gasteiger partial charge in [0, 0.05) is 44.2 Å². The summed E-state index contributed by atoms with van der Waals surface area (Å²) in [5, 5.41) is 10.7. The monoisotopic (exact) mass is 404 g/mol. The molecule has 0 spiro atoms. The van der Waals surface area contributed by atoms with E-state index in [0.29, 0.717) is 35.6 Å². The number of halogens is 1. The summed E-state index contributed by atoms with van der Waals surface area (Å²) < 4.78 is 5.33. The molecule has 0 bridgehead atoms. The van der Waals surface area contributed by atoms with Gasteiger partial charge in [-0.05, 0) is 43.0 Å². The van der Waals surface area contributed by atoms with Crippen LogP contribution >= 0.6 is 11.6 Å². The van der Waals surface area contributed by atoms with Crippen LogP contribution in [0.4, 0.5) is 0 Å². The van der Waals surface area contributed by atoms with Gasteiger partial charge < -0.3 is 20.1 Å². The molecule has 28 heavy (non-hydrogen) atoms. The Morgan fingerprint density at radius 2 is 2.04 bits per heavy atom. The number of nitrogens with one attached hydrogen (secondary N) is 2. The normalized spacial score (nSPS) is 15.5. The first kappa shape index (κ1) is 20.1. The van der Waals surface area contributed by atoms with Crippen LogP contribution in [0.1, 0.15) is 25.2 Å². The summed E-state index contributed by atoms with van der Waals surface area (Å²) in [5.74, 6) is 2.34. The van der Waals surface area contributed by atoms with Gasteiger partial charge in [-0.25, -0.2) is 0 Å². The van der Waals surface area contributed by atoms with Gasteiger partial charge in [0.2, 0.25) is 17.6 Å². The van der Waals surface area contributed by atoms with Crippen molar-refractivity contribution in [2.45, 2.75) is 25.8 Å². The number of aromatic nitrogens is 2. The van der Waals surface area contributed by atoms with Crippen molar-refractivity contribution in [3.63, 3.8) is 0 Å². The molecule has 1 aliphatic heterocycles. The van der Waals surface area contributed by atoms with Crippen molar-refractivity contribution in [1.29, 1.82) is 0 Å². The van der Waals surface area contributed by atoms with Gasteiger partial charge in [-0.1, -0.05) is 16.8 Å². The molecule has 3 rings (SSSR count). The number of carbonyl (C=O) groups excluding carboxylic acids is 1. The van der Waals surface area contributed by atoms with Crippen molar-refractivity contribution in [3.05, 3.63) is 35.2 Å². The summed E-state index contributed by atoms with van der Waals surface area (Å²) in [4.78, 5) is 22.5. The number of benzene rings is 1. The number of guanidine groups is 1. The van der Waals surface area contributed by atoms with Gasteiger partial charge in [-0.15, -0.1) is 0 Å². The van der Waals surface area contributed by atoms with Crippen molar-refractivity contribution in [2.24, 2.45) is 10.9 Å². The maximum absolute atomic E-state index is 11.5. The lowest BCUT2D eigenvalue weighted by Gasteiger charge is -2.33. The number of aliphatic imine (C=N–C) groups is 1. The van der Waals surface area contributed by atoms with Gasteiger partial charge in [-0.2, -0.15) is 4.98 Å². The topological polar surface area (TPSA) is 95.7 Å². The molecule has 9 heteroatoms. The Morgan fingerprint density at radius 1 is 1.32 bits per heavy atom. The first-order valence-electron chi connectivity index (χ1n) is 9.33. The smallest absolute Gasteiger partial charge is 0.246 e. The first-order chi connectivity index (χ1) is 13.6. The van der Waals surface area contributed by atoms with Crippen molar-refractivity contribution >= 4 is 23.5 Å². The number of hydrogen-bond donors (Lipinski definition) is 2. The Kier molecular flexibility index (Phi) is 6.86. The van der Waals surface area contributed by atoms with E-state index in [4.69, 9.17) is 16.1 Å². The number of rotatable bonds is 5. The predicted molar refractivity (Wildman–Crippen MR) is 108 cm³/mol. The maximum atomic E-state index is 11.5. The van der Waals surface area contributed by atoms with E-state index in [-0.39, 0.29) is 5.91 Å². The van der Waals surface area contributed by atoms with Crippen LogP contribution in [0.3, 0.4) is 0 Å². The predicted octanol–water partition coefficient (Wildman–Crippen LogP) is 2.31. The zero-order valence-electron chi connectivity index (χ0n) is 16.1. The Morgan fingerprint density at radius 3 is 2.68 bits per heavy atom. The van der Waals surface area contributed by atoms with E-state index in [1.807, 2.05) is 12.1 Å². The Labute approximate surface area is 169 Å². The Bertz CT molecular complexity index is 812. The highest BCUT2D eigenvalue weighted by Crippen LogP contribution is 2.21. The number of likely N-dealkylation sites (tertiary alicyclic amines) is 1. The third kappa shape index (κ3) is 5.22. The van der Waals surface area contributed by atoms with Gasteiger partial charge in [0.25, 0.3) is 0 Å². The fraction of sp³-hybridized carbons (Fsp3) is 0.474. The van der Waals surface area contributed by atoms with Crippen LogP contribution < -0.4 is 10.6 Å². The number of piperidine rings is 1. The Hall–Kier alpha value is -2.61. The molecule has 0 unspecified atom stereocenters. The van der Waals surface area contributed by atoms with E-state index in [9.17, 15) is 4.79 Å². The van der Waals surface area contributed by atoms with Gasteiger partial charge >= 0.3 is 0 Å². The average Bonchev–Trinajstić information content (AvgIpc) is 3.19. The van der Waals surface area contributed by atoms with E-state index in [1.165, 1.54) is 0 Å². The van der Waals surface area contributed by atoms with Crippen molar-refractivity contribution in [2.75, 3.05) is 27.2 Å². The lowest BCUT2D eigenvalue weighted by Crippen LogP contribution is -2.45. The minimum Gasteiger partial charge on any atom is -0.359 e. The molecule has 1 aliphatic rings. The van der Waals surface area contributed by atoms with E-state index in [0.717, 1.165) is 37.5 Å². The standard InChI is InChI=1S/C19H25ClN6O2/c1-21-16(27)11-13-7-9-26(10-8-13)19(22-2)23-12-17-24-18(25-28-17)14-3-5-15(20)6-4-14/h3-6,13H,7-12H2,1-2H3,(H,21,27)(H,22,23). The zero-order chi connectivity index (χ0) is 19.9. The van der Waals surface area contributed by atoms with Crippen LogP contribution in [-0.4, -0.2) is 54.1 Å². The lowest BCUT2D eigenvalue weighted by atomic mass is 9.93. The highest BCUT2D eigenvalue weighted by Gasteiger charge is 2.23. The Balaban J connectivity index is 1.51. The van der Waals surface area contributed by atoms with Crippen LogP contribution in [-0.2, 0) is 11.3 Å². The number of nitrogens with zero attached hydrogens (tertiary/aromatic N) is 4. The maximum Gasteiger partial charge on any atom is 0.246 e. The highest BCUT2D eigenvalue weighted by atomic mass is 35.5. The average molecular weight is 405 g/mol. The largest absolute Gasteiger partial charge is 0.359 e. The second kappa shape index (κ2) is 9.54. The van der Waals surface area contributed by atoms with Crippen molar-refractivity contribution in [3.8, 4) is 11.4 Å². The molecule has 0 atom stereocenters. The van der Waals surface area contributed by atoms with Gasteiger partial charge in [-0.3, -0.25) is 9.79 Å². The summed E-state index contributed by atoms with van der Waals surface area (Å²) in [6.45, 7) is 2.12. The summed E-state index contributed by atoms with van der Waals surface area (Å²) >= 11 is 5.91. The van der Waals surface area contributed by atoms with Crippen LogP contribution in [0, 0.1) is 5.92 Å². The first-order valence-corrected chi connectivity index (χ1v) is 9.71. The number of hydrogen-bond acceptors (Lipinski definition) is 5. The van der Waals surface area contributed by atoms with Gasteiger partial charge in [0.1, 0.15) is 0 Å². The van der Waals surface area contributed by atoms with E-state index in [1.54, 1.807) is 26.2 Å². The van der Waals surface area contributed by atoms with E-state index < -0.39 is 0 Å². The summed E-state index contributed by atoms with van der Waals surface area (Å²) in [6.07, 6.45) is 2.52. The molecule has 150 valence electrons. The van der Waals surface area contributed by atoms with Gasteiger partial charge in [0.15, 0.2) is 5.96 Å². The van der Waals surface area contributed by atoms with Crippen LogP contribution in [0.25, 0.3) is 11.4 Å². The second-order valence-electron chi connectivity index (χ2n) is 6.73. The fourth-order valence-corrected chi connectivity index (χ4v) is 3.37. The number of carbonyl (C=O) groups is 1. The minimum atomic E-state index is 0.105. The molecule has 1 aromatic carbocycles. The van der Waals surface area contributed by atoms with Crippen LogP contribution in [0.5, 0.6) is 0 Å². The zero-order valence-corrected chi connectivity index (χ0v) is 16.9. The molecule has 1 aromatic heterocycles. The van der Waals surface area contributed by atoms with Gasteiger partial charge in [0.05, 0.1) is 6.54 Å². The molecule has 1 fully saturated rings. The summed E-state index contributed by atoms with van der Waals surface area (Å²) in [6, 6.07) is 7.29. The summed E-state index contributed by atoms with van der Waals surface area (Å²) in [5.41, 5.74) is 0.849. The highest BCUT2D eigenvalue weighted by molar-refractivity contribution is 6.30. The molecular formula is C19H25ClN6O2. The molecule has 2 N–H and O–H groups in total. The lowest BCUT2D eigenvalue weighted by molar-refractivity contribution is -0.121. The number of amides is 1. The molecule has 1 saturated heterocycles. The molecule has 0 aliphatic carbocycles. The second-order valence-corrected chi connectivity index (χ2v) is 7.16. The third-order valence-corrected chi connectivity index (χ3v) is 5.10. The quantitative estimate of drug-likeness (QED) is 0.586. The van der Waals surface area contributed by atoms with Crippen LogP contribution in [0.15, 0.2) is 33.8 Å². The fourth-order valence-electron chi connectivity index (χ4n) is 3.24. The molecule has 0 radical (unpaired) electrons. The third-order valence-electron chi connectivity index (χ3n) is 4.85. The van der Waals surface area contributed by atoms with Crippen LogP contribution in [0.2, 0.25) is 5.02 Å². The molecule has 2 heterocycles. The van der Waals surface area contributed by atoms with Crippen molar-refractivity contribution in [1.82, 2.24) is 25.7 Å². The molecule has 1 amide bonds. The molecular weight excluding hydrogens is 380 g/mol. The van der Waals surface area contributed by atoms with E-state index in [2.05, 4.69) is 30.7 Å². The van der Waals surface area contributed by atoms with E-state index >= 15 is 0 Å². The molecule has 8 nitrogen and oxygen atoms in total. The molecule has 2 aromatic rings. The minimum absolute atomic E-state index is 0.105. The summed E-state index contributed by atoms with van der Waals surface area (Å²) in [7, 11) is 3.44.